The Morgan fingerprint density at radius 3 is 2.39 bits per heavy atom. The molecule has 38 heavy (non-hydrogen) atoms. The molecule has 0 spiro atoms. The number of aromatic nitrogens is 2. The van der Waals surface area contributed by atoms with E-state index in [1.807, 2.05) is 17.5 Å². The summed E-state index contributed by atoms with van der Waals surface area (Å²) in [7, 11) is 1.49. The number of alkyl carbamates (subject to hydrolysis) is 1. The summed E-state index contributed by atoms with van der Waals surface area (Å²) in [4.78, 5) is 37.5. The SMILES string of the molecule is COc1c(C[C@H](CO)NC(=O)OC(C)(C)C)sc2c(N(Cc3cccs3)C(=O)OC(C)(C)C)nc(Cl)nc12. The minimum atomic E-state index is -0.735. The van der Waals surface area contributed by atoms with E-state index >= 15 is 0 Å². The lowest BCUT2D eigenvalue weighted by atomic mass is 10.1. The molecule has 13 heteroatoms. The molecule has 0 saturated carbocycles. The molecule has 3 heterocycles. The monoisotopic (exact) mass is 584 g/mol. The van der Waals surface area contributed by atoms with Gasteiger partial charge in [0.25, 0.3) is 0 Å². The van der Waals surface area contributed by atoms with Gasteiger partial charge < -0.3 is 24.6 Å². The number of amides is 2. The largest absolute Gasteiger partial charge is 0.493 e. The van der Waals surface area contributed by atoms with Crippen LogP contribution >= 0.6 is 34.3 Å². The fourth-order valence-electron chi connectivity index (χ4n) is 3.45. The summed E-state index contributed by atoms with van der Waals surface area (Å²) in [5, 5.41) is 14.5. The number of ether oxygens (including phenoxy) is 3. The summed E-state index contributed by atoms with van der Waals surface area (Å²) in [5.41, 5.74) is -1.01. The second-order valence-corrected chi connectivity index (χ2v) is 12.9. The predicted molar refractivity (Wildman–Crippen MR) is 150 cm³/mol. The molecular formula is C25H33ClN4O6S2. The highest BCUT2D eigenvalue weighted by Crippen LogP contribution is 2.42. The first kappa shape index (κ1) is 29.9. The van der Waals surface area contributed by atoms with Gasteiger partial charge in [0.15, 0.2) is 11.6 Å². The molecule has 0 radical (unpaired) electrons. The van der Waals surface area contributed by atoms with Gasteiger partial charge in [0.05, 0.1) is 31.2 Å². The average Bonchev–Trinajstić information content (AvgIpc) is 3.41. The Morgan fingerprint density at radius 1 is 1.16 bits per heavy atom. The molecule has 0 bridgehead atoms. The highest BCUT2D eigenvalue weighted by Gasteiger charge is 2.30. The number of thiophene rings is 2. The van der Waals surface area contributed by atoms with Gasteiger partial charge in [-0.05, 0) is 64.6 Å². The van der Waals surface area contributed by atoms with E-state index < -0.39 is 29.4 Å². The molecule has 3 aromatic heterocycles. The smallest absolute Gasteiger partial charge is 0.416 e. The Kier molecular flexibility index (Phi) is 9.45. The fourth-order valence-corrected chi connectivity index (χ4v) is 5.59. The molecular weight excluding hydrogens is 552 g/mol. The number of hydrogen-bond acceptors (Lipinski definition) is 10. The van der Waals surface area contributed by atoms with Gasteiger partial charge in [0.2, 0.25) is 5.28 Å². The lowest BCUT2D eigenvalue weighted by Crippen LogP contribution is -2.42. The zero-order valence-electron chi connectivity index (χ0n) is 22.5. The summed E-state index contributed by atoms with van der Waals surface area (Å²) in [6.07, 6.45) is -1.02. The Labute approximate surface area is 234 Å². The maximum absolute atomic E-state index is 13.3. The molecule has 10 nitrogen and oxygen atoms in total. The van der Waals surface area contributed by atoms with E-state index in [4.69, 9.17) is 25.8 Å². The van der Waals surface area contributed by atoms with Crippen molar-refractivity contribution in [2.75, 3.05) is 18.6 Å². The van der Waals surface area contributed by atoms with Crippen LogP contribution in [-0.2, 0) is 22.4 Å². The van der Waals surface area contributed by atoms with E-state index in [1.165, 1.54) is 34.7 Å². The number of carbonyl (C=O) groups excluding carboxylic acids is 2. The zero-order chi connectivity index (χ0) is 28.3. The number of aliphatic hydroxyl groups is 1. The van der Waals surface area contributed by atoms with E-state index in [9.17, 15) is 14.7 Å². The third-order valence-electron chi connectivity index (χ3n) is 4.85. The van der Waals surface area contributed by atoms with Gasteiger partial charge in [-0.15, -0.1) is 22.7 Å². The van der Waals surface area contributed by atoms with Crippen LogP contribution in [0.2, 0.25) is 5.28 Å². The Bertz CT molecular complexity index is 1270. The molecule has 3 rings (SSSR count). The molecule has 0 aliphatic rings. The third-order valence-corrected chi connectivity index (χ3v) is 7.06. The number of methoxy groups -OCH3 is 1. The molecule has 1 atom stereocenters. The number of nitrogens with one attached hydrogen (secondary N) is 1. The minimum absolute atomic E-state index is 0.0690. The van der Waals surface area contributed by atoms with Gasteiger partial charge in [-0.3, -0.25) is 4.90 Å². The number of carbonyl (C=O) groups is 2. The number of fused-ring (bicyclic) bond motifs is 1. The van der Waals surface area contributed by atoms with Crippen LogP contribution in [0.4, 0.5) is 15.4 Å². The number of nitrogens with zero attached hydrogens (tertiary/aromatic N) is 3. The van der Waals surface area contributed by atoms with Crippen molar-refractivity contribution >= 4 is 62.5 Å². The van der Waals surface area contributed by atoms with E-state index in [2.05, 4.69) is 15.3 Å². The minimum Gasteiger partial charge on any atom is -0.493 e. The summed E-state index contributed by atoms with van der Waals surface area (Å²) < 4.78 is 17.2. The van der Waals surface area contributed by atoms with Crippen molar-refractivity contribution < 1.29 is 28.9 Å². The molecule has 0 saturated heterocycles. The number of anilines is 1. The fraction of sp³-hybridized carbons (Fsp3) is 0.520. The standard InChI is InChI=1S/C25H33ClN4O6S2/c1-24(2,3)35-22(32)27-14(13-31)11-16-18(34-7)17-19(38-16)20(29-21(26)28-17)30(12-15-9-8-10-37-15)23(33)36-25(4,5)6/h8-10,14,31H,11-13H2,1-7H3,(H,27,32)/t14-/m1/s1. The first-order valence-corrected chi connectivity index (χ1v) is 13.9. The maximum atomic E-state index is 13.3. The maximum Gasteiger partial charge on any atom is 0.416 e. The summed E-state index contributed by atoms with van der Waals surface area (Å²) >= 11 is 9.11. The second-order valence-electron chi connectivity index (χ2n) is 10.4. The lowest BCUT2D eigenvalue weighted by molar-refractivity contribution is 0.0481. The zero-order valence-corrected chi connectivity index (χ0v) is 24.8. The Balaban J connectivity index is 2.05. The van der Waals surface area contributed by atoms with E-state index in [-0.39, 0.29) is 30.7 Å². The van der Waals surface area contributed by atoms with Gasteiger partial charge in [0.1, 0.15) is 21.4 Å². The van der Waals surface area contributed by atoms with Crippen LogP contribution in [0.1, 0.15) is 51.3 Å². The molecule has 0 aromatic carbocycles. The Morgan fingerprint density at radius 2 is 1.84 bits per heavy atom. The molecule has 0 unspecified atom stereocenters. The number of aliphatic hydroxyl groups excluding tert-OH is 1. The summed E-state index contributed by atoms with van der Waals surface area (Å²) in [6, 6.07) is 3.15. The first-order valence-electron chi connectivity index (χ1n) is 11.9. The van der Waals surface area contributed by atoms with Crippen molar-refractivity contribution in [1.82, 2.24) is 15.3 Å². The quantitative estimate of drug-likeness (QED) is 0.319. The molecule has 0 aliphatic heterocycles. The van der Waals surface area contributed by atoms with Crippen molar-refractivity contribution in [3.63, 3.8) is 0 Å². The molecule has 0 fully saturated rings. The summed E-state index contributed by atoms with van der Waals surface area (Å²) in [6.45, 7) is 10.5. The van der Waals surface area contributed by atoms with Crippen LogP contribution in [0.15, 0.2) is 17.5 Å². The van der Waals surface area contributed by atoms with Crippen molar-refractivity contribution in [3.05, 3.63) is 32.6 Å². The van der Waals surface area contributed by atoms with Crippen LogP contribution in [0.25, 0.3) is 10.2 Å². The van der Waals surface area contributed by atoms with E-state index in [0.717, 1.165) is 4.88 Å². The van der Waals surface area contributed by atoms with Crippen LogP contribution in [-0.4, -0.2) is 58.2 Å². The van der Waals surface area contributed by atoms with Gasteiger partial charge in [-0.1, -0.05) is 6.07 Å². The van der Waals surface area contributed by atoms with Crippen molar-refractivity contribution in [3.8, 4) is 5.75 Å². The summed E-state index contributed by atoms with van der Waals surface area (Å²) in [5.74, 6) is 0.693. The highest BCUT2D eigenvalue weighted by molar-refractivity contribution is 7.20. The normalized spacial score (nSPS) is 12.8. The van der Waals surface area contributed by atoms with Crippen LogP contribution in [0, 0.1) is 0 Å². The molecule has 2 N–H and O–H groups in total. The number of halogens is 1. The molecule has 208 valence electrons. The van der Waals surface area contributed by atoms with Crippen LogP contribution in [0.3, 0.4) is 0 Å². The lowest BCUT2D eigenvalue weighted by Gasteiger charge is -2.26. The molecule has 2 amide bonds. The molecule has 0 aliphatic carbocycles. The topological polar surface area (TPSA) is 123 Å². The number of rotatable bonds is 8. The first-order chi connectivity index (χ1) is 17.7. The van der Waals surface area contributed by atoms with Crippen molar-refractivity contribution in [2.24, 2.45) is 0 Å². The van der Waals surface area contributed by atoms with Gasteiger partial charge >= 0.3 is 12.2 Å². The van der Waals surface area contributed by atoms with Crippen molar-refractivity contribution in [2.45, 2.75) is 71.8 Å². The van der Waals surface area contributed by atoms with Gasteiger partial charge in [0, 0.05) is 11.3 Å². The predicted octanol–water partition coefficient (Wildman–Crippen LogP) is 5.78. The average molecular weight is 585 g/mol. The second kappa shape index (κ2) is 12.0. The number of hydrogen-bond donors (Lipinski definition) is 2. The molecule has 3 aromatic rings. The van der Waals surface area contributed by atoms with Gasteiger partial charge in [-0.25, -0.2) is 14.6 Å². The Hall–Kier alpha value is -2.67. The van der Waals surface area contributed by atoms with Crippen molar-refractivity contribution in [1.29, 1.82) is 0 Å². The van der Waals surface area contributed by atoms with E-state index in [0.29, 0.717) is 20.8 Å². The van der Waals surface area contributed by atoms with Gasteiger partial charge in [-0.2, -0.15) is 4.98 Å². The van der Waals surface area contributed by atoms with Crippen LogP contribution < -0.4 is 15.0 Å². The third kappa shape index (κ3) is 7.92. The van der Waals surface area contributed by atoms with Crippen LogP contribution in [0.5, 0.6) is 5.75 Å². The highest BCUT2D eigenvalue weighted by atomic mass is 35.5. The van der Waals surface area contributed by atoms with E-state index in [1.54, 1.807) is 41.5 Å².